The van der Waals surface area contributed by atoms with Crippen LogP contribution in [0.4, 0.5) is 5.82 Å². The van der Waals surface area contributed by atoms with Crippen molar-refractivity contribution in [1.29, 1.82) is 0 Å². The van der Waals surface area contributed by atoms with E-state index in [9.17, 15) is 4.79 Å². The Kier molecular flexibility index (Phi) is 3.58. The predicted octanol–water partition coefficient (Wildman–Crippen LogP) is 2.96. The third-order valence-electron chi connectivity index (χ3n) is 3.56. The van der Waals surface area contributed by atoms with Gasteiger partial charge in [-0.1, -0.05) is 5.16 Å². The Morgan fingerprint density at radius 2 is 2.18 bits per heavy atom. The number of carbonyl (C=O) groups is 1. The summed E-state index contributed by atoms with van der Waals surface area (Å²) in [7, 11) is 1.62. The van der Waals surface area contributed by atoms with E-state index in [0.29, 0.717) is 11.6 Å². The highest BCUT2D eigenvalue weighted by atomic mass is 16.5. The number of H-pyrrole nitrogens is 1. The van der Waals surface area contributed by atoms with Crippen LogP contribution in [0, 0.1) is 13.8 Å². The number of amides is 1. The number of ether oxygens (including phenoxy) is 1. The molecule has 0 fully saturated rings. The highest BCUT2D eigenvalue weighted by Gasteiger charge is 2.14. The van der Waals surface area contributed by atoms with Crippen LogP contribution in [-0.4, -0.2) is 23.2 Å². The monoisotopic (exact) mass is 299 g/mol. The van der Waals surface area contributed by atoms with Crippen molar-refractivity contribution in [2.45, 2.75) is 20.3 Å². The maximum absolute atomic E-state index is 12.2. The Morgan fingerprint density at radius 1 is 1.36 bits per heavy atom. The fourth-order valence-corrected chi connectivity index (χ4v) is 2.49. The first-order chi connectivity index (χ1) is 10.6. The molecule has 0 aliphatic carbocycles. The summed E-state index contributed by atoms with van der Waals surface area (Å²) >= 11 is 0. The van der Waals surface area contributed by atoms with Gasteiger partial charge in [0.25, 0.3) is 0 Å². The summed E-state index contributed by atoms with van der Waals surface area (Å²) in [5.74, 6) is 1.71. The van der Waals surface area contributed by atoms with E-state index in [0.717, 1.165) is 27.9 Å². The van der Waals surface area contributed by atoms with Gasteiger partial charge in [0.05, 0.1) is 13.5 Å². The van der Waals surface area contributed by atoms with Gasteiger partial charge >= 0.3 is 0 Å². The van der Waals surface area contributed by atoms with Crippen LogP contribution >= 0.6 is 0 Å². The topological polar surface area (TPSA) is 80.2 Å². The number of anilines is 1. The van der Waals surface area contributed by atoms with E-state index < -0.39 is 0 Å². The second kappa shape index (κ2) is 5.55. The molecule has 0 bridgehead atoms. The fourth-order valence-electron chi connectivity index (χ4n) is 2.49. The Hall–Kier alpha value is -2.76. The number of fused-ring (bicyclic) bond motifs is 1. The molecule has 22 heavy (non-hydrogen) atoms. The van der Waals surface area contributed by atoms with Gasteiger partial charge in [-0.25, -0.2) is 0 Å². The first kappa shape index (κ1) is 14.2. The SMILES string of the molecule is COc1ccc2[nH]c(C)c(CC(=O)Nc3cc(C)on3)c2c1. The number of hydrogen-bond donors (Lipinski definition) is 2. The molecule has 114 valence electrons. The van der Waals surface area contributed by atoms with Crippen molar-refractivity contribution in [2.24, 2.45) is 0 Å². The zero-order valence-corrected chi connectivity index (χ0v) is 12.7. The number of nitrogens with zero attached hydrogens (tertiary/aromatic N) is 1. The molecule has 0 saturated carbocycles. The summed E-state index contributed by atoms with van der Waals surface area (Å²) in [6.45, 7) is 3.73. The van der Waals surface area contributed by atoms with E-state index in [1.54, 1.807) is 20.1 Å². The average molecular weight is 299 g/mol. The number of aromatic nitrogens is 2. The molecule has 2 N–H and O–H groups in total. The summed E-state index contributed by atoms with van der Waals surface area (Å²) in [5, 5.41) is 7.48. The molecule has 0 spiro atoms. The number of methoxy groups -OCH3 is 1. The lowest BCUT2D eigenvalue weighted by molar-refractivity contribution is -0.115. The lowest BCUT2D eigenvalue weighted by atomic mass is 10.1. The molecule has 6 nitrogen and oxygen atoms in total. The van der Waals surface area contributed by atoms with Crippen molar-refractivity contribution in [3.63, 3.8) is 0 Å². The van der Waals surface area contributed by atoms with Crippen LogP contribution in [0.3, 0.4) is 0 Å². The number of aromatic amines is 1. The Bertz CT molecular complexity index is 832. The van der Waals surface area contributed by atoms with Crippen LogP contribution < -0.4 is 10.1 Å². The van der Waals surface area contributed by atoms with Crippen molar-refractivity contribution in [3.8, 4) is 5.75 Å². The Labute approximate surface area is 127 Å². The first-order valence-electron chi connectivity index (χ1n) is 6.95. The maximum Gasteiger partial charge on any atom is 0.230 e. The second-order valence-corrected chi connectivity index (χ2v) is 5.19. The lowest BCUT2D eigenvalue weighted by Crippen LogP contribution is -2.14. The summed E-state index contributed by atoms with van der Waals surface area (Å²) in [6.07, 6.45) is 0.255. The molecule has 0 saturated heterocycles. The minimum atomic E-state index is -0.139. The number of hydrogen-bond acceptors (Lipinski definition) is 4. The average Bonchev–Trinajstić information content (AvgIpc) is 3.02. The number of rotatable bonds is 4. The minimum absolute atomic E-state index is 0.139. The molecule has 1 amide bonds. The van der Waals surface area contributed by atoms with Crippen molar-refractivity contribution >= 4 is 22.6 Å². The molecular formula is C16H17N3O3. The number of aryl methyl sites for hydroxylation is 2. The summed E-state index contributed by atoms with van der Waals surface area (Å²) in [6, 6.07) is 7.45. The summed E-state index contributed by atoms with van der Waals surface area (Å²) in [4.78, 5) is 15.5. The van der Waals surface area contributed by atoms with Crippen molar-refractivity contribution < 1.29 is 14.1 Å². The maximum atomic E-state index is 12.2. The van der Waals surface area contributed by atoms with Gasteiger partial charge in [0.1, 0.15) is 11.5 Å². The van der Waals surface area contributed by atoms with Gasteiger partial charge in [-0.15, -0.1) is 0 Å². The normalized spacial score (nSPS) is 10.9. The zero-order valence-electron chi connectivity index (χ0n) is 12.7. The molecule has 3 aromatic rings. The highest BCUT2D eigenvalue weighted by molar-refractivity contribution is 5.96. The first-order valence-corrected chi connectivity index (χ1v) is 6.95. The van der Waals surface area contributed by atoms with Gasteiger partial charge in [0, 0.05) is 22.7 Å². The van der Waals surface area contributed by atoms with Crippen LogP contribution in [0.1, 0.15) is 17.0 Å². The van der Waals surface area contributed by atoms with Gasteiger partial charge in [0.2, 0.25) is 5.91 Å². The van der Waals surface area contributed by atoms with Crippen LogP contribution in [-0.2, 0) is 11.2 Å². The Balaban J connectivity index is 1.86. The summed E-state index contributed by atoms with van der Waals surface area (Å²) in [5.41, 5.74) is 2.90. The quantitative estimate of drug-likeness (QED) is 0.776. The van der Waals surface area contributed by atoms with Gasteiger partial charge in [-0.05, 0) is 37.6 Å². The number of nitrogens with one attached hydrogen (secondary N) is 2. The van der Waals surface area contributed by atoms with Gasteiger partial charge in [-0.2, -0.15) is 0 Å². The second-order valence-electron chi connectivity index (χ2n) is 5.19. The van der Waals surface area contributed by atoms with E-state index in [2.05, 4.69) is 15.5 Å². The fraction of sp³-hybridized carbons (Fsp3) is 0.250. The Morgan fingerprint density at radius 3 is 2.86 bits per heavy atom. The van der Waals surface area contributed by atoms with E-state index in [-0.39, 0.29) is 12.3 Å². The molecule has 1 aromatic carbocycles. The van der Waals surface area contributed by atoms with Crippen molar-refractivity contribution in [1.82, 2.24) is 10.1 Å². The standard InChI is InChI=1S/C16H17N3O3/c1-9-6-15(19-22-9)18-16(20)8-12-10(2)17-14-5-4-11(21-3)7-13(12)14/h4-7,17H,8H2,1-3H3,(H,18,19,20). The minimum Gasteiger partial charge on any atom is -0.497 e. The van der Waals surface area contributed by atoms with Crippen LogP contribution in [0.15, 0.2) is 28.8 Å². The van der Waals surface area contributed by atoms with Crippen LogP contribution in [0.25, 0.3) is 10.9 Å². The largest absolute Gasteiger partial charge is 0.497 e. The lowest BCUT2D eigenvalue weighted by Gasteiger charge is -2.03. The number of carbonyl (C=O) groups excluding carboxylic acids is 1. The van der Waals surface area contributed by atoms with E-state index >= 15 is 0 Å². The van der Waals surface area contributed by atoms with Gasteiger partial charge in [-0.3, -0.25) is 4.79 Å². The molecule has 2 heterocycles. The predicted molar refractivity (Wildman–Crippen MR) is 83.2 cm³/mol. The molecule has 0 aliphatic heterocycles. The molecule has 3 rings (SSSR count). The third-order valence-corrected chi connectivity index (χ3v) is 3.56. The van der Waals surface area contributed by atoms with Gasteiger partial charge < -0.3 is 19.6 Å². The third kappa shape index (κ3) is 2.67. The van der Waals surface area contributed by atoms with E-state index in [1.807, 2.05) is 25.1 Å². The molecule has 0 aliphatic rings. The molecule has 6 heteroatoms. The van der Waals surface area contributed by atoms with E-state index in [4.69, 9.17) is 9.26 Å². The van der Waals surface area contributed by atoms with E-state index in [1.165, 1.54) is 0 Å². The molecule has 2 aromatic heterocycles. The molecule has 0 radical (unpaired) electrons. The van der Waals surface area contributed by atoms with Crippen molar-refractivity contribution in [2.75, 3.05) is 12.4 Å². The summed E-state index contributed by atoms with van der Waals surface area (Å²) < 4.78 is 10.2. The highest BCUT2D eigenvalue weighted by Crippen LogP contribution is 2.27. The smallest absolute Gasteiger partial charge is 0.230 e. The van der Waals surface area contributed by atoms with Crippen LogP contribution in [0.2, 0.25) is 0 Å². The molecule has 0 unspecified atom stereocenters. The molecule has 0 atom stereocenters. The zero-order chi connectivity index (χ0) is 15.7. The molecular weight excluding hydrogens is 282 g/mol. The van der Waals surface area contributed by atoms with Crippen LogP contribution in [0.5, 0.6) is 5.75 Å². The van der Waals surface area contributed by atoms with Gasteiger partial charge in [0.15, 0.2) is 5.82 Å². The van der Waals surface area contributed by atoms with Crippen molar-refractivity contribution in [3.05, 3.63) is 41.3 Å². The number of benzene rings is 1.